The number of carbonyl (C=O) groups is 1. The van der Waals surface area contributed by atoms with Gasteiger partial charge < -0.3 is 10.2 Å². The van der Waals surface area contributed by atoms with E-state index in [-0.39, 0.29) is 5.82 Å². The number of anilines is 1. The Hall–Kier alpha value is -2.54. The van der Waals surface area contributed by atoms with Crippen molar-refractivity contribution in [3.8, 4) is 0 Å². The van der Waals surface area contributed by atoms with Gasteiger partial charge in [-0.05, 0) is 30.2 Å². The molecule has 0 atom stereocenters. The molecule has 0 aromatic heterocycles. The molecule has 0 bridgehead atoms. The van der Waals surface area contributed by atoms with E-state index in [1.54, 1.807) is 12.1 Å². The Balaban J connectivity index is 1.49. The van der Waals surface area contributed by atoms with Gasteiger partial charge in [-0.15, -0.1) is 0 Å². The number of halogens is 3. The maximum absolute atomic E-state index is 13.6. The largest absolute Gasteiger partial charge is 0.322 e. The number of nitrogens with zero attached hydrogens (tertiary/aromatic N) is 2. The zero-order valence-electron chi connectivity index (χ0n) is 14.2. The van der Waals surface area contributed by atoms with Crippen LogP contribution in [-0.2, 0) is 6.42 Å². The highest BCUT2D eigenvalue weighted by Crippen LogP contribution is 2.19. The summed E-state index contributed by atoms with van der Waals surface area (Å²) in [5.41, 5.74) is 0.238. The van der Waals surface area contributed by atoms with Crippen LogP contribution >= 0.6 is 0 Å². The van der Waals surface area contributed by atoms with Crippen LogP contribution in [0.25, 0.3) is 0 Å². The van der Waals surface area contributed by atoms with Crippen LogP contribution in [0.15, 0.2) is 42.5 Å². The van der Waals surface area contributed by atoms with Gasteiger partial charge >= 0.3 is 6.03 Å². The van der Waals surface area contributed by atoms with Gasteiger partial charge in [0, 0.05) is 32.7 Å². The maximum Gasteiger partial charge on any atom is 0.322 e. The molecule has 0 radical (unpaired) electrons. The molecule has 1 saturated heterocycles. The molecule has 1 aliphatic heterocycles. The molecule has 26 heavy (non-hydrogen) atoms. The monoisotopic (exact) mass is 363 g/mol. The molecule has 4 nitrogen and oxygen atoms in total. The minimum atomic E-state index is -0.804. The Morgan fingerprint density at radius 1 is 0.885 bits per heavy atom. The van der Waals surface area contributed by atoms with E-state index in [0.29, 0.717) is 44.7 Å². The Labute approximate surface area is 150 Å². The van der Waals surface area contributed by atoms with E-state index in [0.717, 1.165) is 12.1 Å². The highest BCUT2D eigenvalue weighted by atomic mass is 19.1. The number of para-hydroxylation sites is 1. The number of benzene rings is 2. The third kappa shape index (κ3) is 4.35. The Morgan fingerprint density at radius 2 is 1.50 bits per heavy atom. The van der Waals surface area contributed by atoms with Crippen molar-refractivity contribution in [3.63, 3.8) is 0 Å². The van der Waals surface area contributed by atoms with Gasteiger partial charge in [0.25, 0.3) is 0 Å². The number of piperazine rings is 1. The van der Waals surface area contributed by atoms with Crippen molar-refractivity contribution in [1.29, 1.82) is 0 Å². The number of rotatable bonds is 4. The van der Waals surface area contributed by atoms with Gasteiger partial charge in [0.05, 0.1) is 0 Å². The molecule has 3 rings (SSSR count). The van der Waals surface area contributed by atoms with E-state index < -0.39 is 23.4 Å². The van der Waals surface area contributed by atoms with Gasteiger partial charge in [-0.25, -0.2) is 18.0 Å². The number of hydrogen-bond acceptors (Lipinski definition) is 2. The molecule has 0 spiro atoms. The second-order valence-corrected chi connectivity index (χ2v) is 6.20. The van der Waals surface area contributed by atoms with Gasteiger partial charge in [-0.3, -0.25) is 4.90 Å². The van der Waals surface area contributed by atoms with Crippen LogP contribution < -0.4 is 5.32 Å². The summed E-state index contributed by atoms with van der Waals surface area (Å²) in [7, 11) is 0. The van der Waals surface area contributed by atoms with Crippen molar-refractivity contribution < 1.29 is 18.0 Å². The predicted molar refractivity (Wildman–Crippen MR) is 93.5 cm³/mol. The summed E-state index contributed by atoms with van der Waals surface area (Å²) in [5.74, 6) is -1.82. The summed E-state index contributed by atoms with van der Waals surface area (Å²) in [6.07, 6.45) is 0.597. The molecule has 2 aromatic carbocycles. The topological polar surface area (TPSA) is 35.6 Å². The molecule has 1 N–H and O–H groups in total. The highest BCUT2D eigenvalue weighted by Gasteiger charge is 2.22. The van der Waals surface area contributed by atoms with Crippen LogP contribution in [0.3, 0.4) is 0 Å². The van der Waals surface area contributed by atoms with Crippen LogP contribution in [0.5, 0.6) is 0 Å². The lowest BCUT2D eigenvalue weighted by Crippen LogP contribution is -2.50. The fourth-order valence-electron chi connectivity index (χ4n) is 2.96. The lowest BCUT2D eigenvalue weighted by Gasteiger charge is -2.34. The quantitative estimate of drug-likeness (QED) is 0.903. The van der Waals surface area contributed by atoms with E-state index >= 15 is 0 Å². The lowest BCUT2D eigenvalue weighted by molar-refractivity contribution is 0.148. The number of urea groups is 1. The first-order valence-corrected chi connectivity index (χ1v) is 8.50. The molecular weight excluding hydrogens is 343 g/mol. The first-order chi connectivity index (χ1) is 12.5. The normalized spacial score (nSPS) is 15.1. The SMILES string of the molecule is O=C(Nc1c(F)cccc1F)N1CCN(CCc2ccccc2F)CC1. The summed E-state index contributed by atoms with van der Waals surface area (Å²) in [6.45, 7) is 2.83. The standard InChI is InChI=1S/C19H20F3N3O/c20-15-5-2-1-4-14(15)8-9-24-10-12-25(13-11-24)19(26)23-18-16(21)6-3-7-17(18)22/h1-7H,8-13H2,(H,23,26). The summed E-state index contributed by atoms with van der Waals surface area (Å²) < 4.78 is 40.9. The van der Waals surface area contributed by atoms with Gasteiger partial charge in [-0.1, -0.05) is 24.3 Å². The molecule has 1 heterocycles. The van der Waals surface area contributed by atoms with E-state index in [2.05, 4.69) is 10.2 Å². The molecule has 7 heteroatoms. The van der Waals surface area contributed by atoms with Crippen LogP contribution in [-0.4, -0.2) is 48.6 Å². The minimum absolute atomic E-state index is 0.211. The van der Waals surface area contributed by atoms with Crippen molar-refractivity contribution in [3.05, 3.63) is 65.5 Å². The molecular formula is C19H20F3N3O. The molecule has 0 aliphatic carbocycles. The number of nitrogens with one attached hydrogen (secondary N) is 1. The highest BCUT2D eigenvalue weighted by molar-refractivity contribution is 5.89. The third-order valence-electron chi connectivity index (χ3n) is 4.51. The molecule has 2 aromatic rings. The summed E-state index contributed by atoms with van der Waals surface area (Å²) in [6, 6.07) is 9.59. The summed E-state index contributed by atoms with van der Waals surface area (Å²) >= 11 is 0. The van der Waals surface area contributed by atoms with E-state index in [4.69, 9.17) is 0 Å². The second kappa shape index (κ2) is 8.23. The fraction of sp³-hybridized carbons (Fsp3) is 0.316. The van der Waals surface area contributed by atoms with Crippen LogP contribution in [0.4, 0.5) is 23.7 Å². The molecule has 2 amide bonds. The Morgan fingerprint density at radius 3 is 2.15 bits per heavy atom. The van der Waals surface area contributed by atoms with E-state index in [9.17, 15) is 18.0 Å². The first-order valence-electron chi connectivity index (χ1n) is 8.50. The lowest BCUT2D eigenvalue weighted by atomic mass is 10.1. The van der Waals surface area contributed by atoms with Crippen LogP contribution in [0.2, 0.25) is 0 Å². The Bertz CT molecular complexity index is 756. The van der Waals surface area contributed by atoms with Crippen molar-refractivity contribution in [2.45, 2.75) is 6.42 Å². The van der Waals surface area contributed by atoms with E-state index in [1.165, 1.54) is 17.0 Å². The second-order valence-electron chi connectivity index (χ2n) is 6.20. The van der Waals surface area contributed by atoms with Crippen molar-refractivity contribution in [2.75, 3.05) is 38.0 Å². The fourth-order valence-corrected chi connectivity index (χ4v) is 2.96. The summed E-state index contributed by atoms with van der Waals surface area (Å²) in [4.78, 5) is 15.9. The average Bonchev–Trinajstić information content (AvgIpc) is 2.64. The van der Waals surface area contributed by atoms with Crippen molar-refractivity contribution in [2.24, 2.45) is 0 Å². The third-order valence-corrected chi connectivity index (χ3v) is 4.51. The molecule has 138 valence electrons. The van der Waals surface area contributed by atoms with Crippen molar-refractivity contribution >= 4 is 11.7 Å². The van der Waals surface area contributed by atoms with Crippen LogP contribution in [0, 0.1) is 17.5 Å². The van der Waals surface area contributed by atoms with Crippen molar-refractivity contribution in [1.82, 2.24) is 9.80 Å². The number of carbonyl (C=O) groups excluding carboxylic acids is 1. The number of hydrogen-bond donors (Lipinski definition) is 1. The maximum atomic E-state index is 13.6. The smallest absolute Gasteiger partial charge is 0.322 e. The molecule has 1 aliphatic rings. The molecule has 0 saturated carbocycles. The van der Waals surface area contributed by atoms with Gasteiger partial charge in [-0.2, -0.15) is 0 Å². The van der Waals surface area contributed by atoms with Gasteiger partial charge in [0.2, 0.25) is 0 Å². The van der Waals surface area contributed by atoms with E-state index in [1.807, 2.05) is 6.07 Å². The Kier molecular flexibility index (Phi) is 5.78. The molecule has 1 fully saturated rings. The first kappa shape index (κ1) is 18.3. The van der Waals surface area contributed by atoms with Gasteiger partial charge in [0.1, 0.15) is 23.1 Å². The zero-order valence-corrected chi connectivity index (χ0v) is 14.2. The number of amides is 2. The summed E-state index contributed by atoms with van der Waals surface area (Å²) in [5, 5.41) is 2.30. The van der Waals surface area contributed by atoms with Crippen LogP contribution in [0.1, 0.15) is 5.56 Å². The minimum Gasteiger partial charge on any atom is -0.322 e. The zero-order chi connectivity index (χ0) is 18.5. The van der Waals surface area contributed by atoms with Gasteiger partial charge in [0.15, 0.2) is 0 Å². The average molecular weight is 363 g/mol. The molecule has 0 unspecified atom stereocenters. The predicted octanol–water partition coefficient (Wildman–Crippen LogP) is 3.50.